The van der Waals surface area contributed by atoms with Crippen LogP contribution in [-0.4, -0.2) is 35.3 Å². The van der Waals surface area contributed by atoms with E-state index >= 15 is 0 Å². The van der Waals surface area contributed by atoms with Crippen LogP contribution in [0.1, 0.15) is 40.7 Å². The first-order chi connectivity index (χ1) is 14.3. The van der Waals surface area contributed by atoms with Gasteiger partial charge in [0, 0.05) is 47.1 Å². The van der Waals surface area contributed by atoms with Crippen LogP contribution in [-0.2, 0) is 4.79 Å². The van der Waals surface area contributed by atoms with Crippen LogP contribution < -0.4 is 4.74 Å². The number of carbonyl (C=O) groups is 2. The predicted octanol–water partition coefficient (Wildman–Crippen LogP) is 6.00. The quantitative estimate of drug-likeness (QED) is 0.512. The minimum Gasteiger partial charge on any atom is -0.486 e. The van der Waals surface area contributed by atoms with Crippen molar-refractivity contribution in [2.45, 2.75) is 31.8 Å². The van der Waals surface area contributed by atoms with Gasteiger partial charge in [0.25, 0.3) is 0 Å². The van der Waals surface area contributed by atoms with Gasteiger partial charge in [0.15, 0.2) is 5.78 Å². The molecule has 30 heavy (non-hydrogen) atoms. The lowest BCUT2D eigenvalue weighted by atomic mass is 9.82. The van der Waals surface area contributed by atoms with Crippen molar-refractivity contribution in [2.24, 2.45) is 0 Å². The van der Waals surface area contributed by atoms with E-state index in [1.54, 1.807) is 41.3 Å². The van der Waals surface area contributed by atoms with Gasteiger partial charge >= 0.3 is 0 Å². The van der Waals surface area contributed by atoms with Crippen molar-refractivity contribution in [3.8, 4) is 5.75 Å². The van der Waals surface area contributed by atoms with Gasteiger partial charge in [-0.2, -0.15) is 0 Å². The number of rotatable bonds is 2. The number of hydrogen-bond donors (Lipinski definition) is 0. The minimum absolute atomic E-state index is 0.0407. The van der Waals surface area contributed by atoms with Crippen molar-refractivity contribution < 1.29 is 14.3 Å². The number of carbonyl (C=O) groups excluding carboxylic acids is 2. The maximum Gasteiger partial charge on any atom is 0.246 e. The van der Waals surface area contributed by atoms with E-state index in [2.05, 4.69) is 0 Å². The standard InChI is InChI=1S/C23H20Cl3NO3/c1-14-10-17(25)11-18-20(28)13-23(30-22(14)18)6-8-27(9-7-23)21(29)5-3-15-2-4-16(24)12-19(15)26/h2-5,10-12H,6-9,13H2,1H3/b5-3+. The van der Waals surface area contributed by atoms with Crippen molar-refractivity contribution in [3.63, 3.8) is 0 Å². The summed E-state index contributed by atoms with van der Waals surface area (Å²) in [6, 6.07) is 8.62. The maximum absolute atomic E-state index is 12.7. The molecule has 1 spiro atoms. The maximum atomic E-state index is 12.7. The minimum atomic E-state index is -0.567. The van der Waals surface area contributed by atoms with Crippen molar-refractivity contribution in [3.05, 3.63) is 68.2 Å². The Kier molecular flexibility index (Phi) is 5.84. The average molecular weight is 465 g/mol. The van der Waals surface area contributed by atoms with Crippen molar-refractivity contribution in [2.75, 3.05) is 13.1 Å². The number of hydrogen-bond acceptors (Lipinski definition) is 3. The third-order valence-corrected chi connectivity index (χ3v) is 6.48. The zero-order valence-electron chi connectivity index (χ0n) is 16.4. The molecule has 4 rings (SSSR count). The first kappa shape index (κ1) is 21.2. The average Bonchev–Trinajstić information content (AvgIpc) is 2.69. The molecule has 0 saturated carbocycles. The second-order valence-electron chi connectivity index (χ2n) is 7.81. The van der Waals surface area contributed by atoms with E-state index < -0.39 is 5.60 Å². The Bertz CT molecular complexity index is 1060. The first-order valence-electron chi connectivity index (χ1n) is 9.71. The molecule has 1 amide bonds. The summed E-state index contributed by atoms with van der Waals surface area (Å²) in [7, 11) is 0. The number of halogens is 3. The molecule has 156 valence electrons. The normalized spacial score (nSPS) is 17.9. The number of Topliss-reactive ketones (excluding diaryl/α,β-unsaturated/α-hetero) is 1. The van der Waals surface area contributed by atoms with Gasteiger partial charge in [-0.3, -0.25) is 9.59 Å². The monoisotopic (exact) mass is 463 g/mol. The summed E-state index contributed by atoms with van der Waals surface area (Å²) in [4.78, 5) is 27.1. The highest BCUT2D eigenvalue weighted by Crippen LogP contribution is 2.42. The molecule has 0 bridgehead atoms. The Morgan fingerprint density at radius 1 is 1.10 bits per heavy atom. The third kappa shape index (κ3) is 4.22. The topological polar surface area (TPSA) is 46.6 Å². The summed E-state index contributed by atoms with van der Waals surface area (Å²) in [5.74, 6) is 0.563. The molecule has 0 radical (unpaired) electrons. The van der Waals surface area contributed by atoms with Gasteiger partial charge in [-0.25, -0.2) is 0 Å². The van der Waals surface area contributed by atoms with Crippen molar-refractivity contribution in [1.82, 2.24) is 4.90 Å². The van der Waals surface area contributed by atoms with E-state index in [0.717, 1.165) is 11.1 Å². The van der Waals surface area contributed by atoms with E-state index in [-0.39, 0.29) is 11.7 Å². The number of nitrogens with zero attached hydrogens (tertiary/aromatic N) is 1. The second-order valence-corrected chi connectivity index (χ2v) is 9.09. The van der Waals surface area contributed by atoms with E-state index in [1.807, 2.05) is 6.92 Å². The molecular weight excluding hydrogens is 445 g/mol. The molecule has 0 atom stereocenters. The van der Waals surface area contributed by atoms with Gasteiger partial charge in [-0.1, -0.05) is 40.9 Å². The third-order valence-electron chi connectivity index (χ3n) is 5.70. The smallest absolute Gasteiger partial charge is 0.246 e. The highest BCUT2D eigenvalue weighted by atomic mass is 35.5. The van der Waals surface area contributed by atoms with Gasteiger partial charge in [0.2, 0.25) is 5.91 Å². The van der Waals surface area contributed by atoms with Gasteiger partial charge in [-0.05, 0) is 48.4 Å². The molecule has 1 saturated heterocycles. The fourth-order valence-corrected chi connectivity index (χ4v) is 4.77. The van der Waals surface area contributed by atoms with E-state index in [9.17, 15) is 9.59 Å². The SMILES string of the molecule is Cc1cc(Cl)cc2c1OC1(CCN(C(=O)/C=C/c3ccc(Cl)cc3Cl)CC1)CC2=O. The molecule has 2 aliphatic heterocycles. The molecule has 7 heteroatoms. The number of ketones is 1. The Balaban J connectivity index is 1.44. The number of benzene rings is 2. The largest absolute Gasteiger partial charge is 0.486 e. The number of piperidine rings is 1. The van der Waals surface area contributed by atoms with Crippen LogP contribution in [0.4, 0.5) is 0 Å². The lowest BCUT2D eigenvalue weighted by molar-refractivity contribution is -0.129. The zero-order chi connectivity index (χ0) is 21.5. The van der Waals surface area contributed by atoms with Gasteiger partial charge in [0.05, 0.1) is 12.0 Å². The highest BCUT2D eigenvalue weighted by molar-refractivity contribution is 6.35. The number of amides is 1. The van der Waals surface area contributed by atoms with Crippen LogP contribution >= 0.6 is 34.8 Å². The Morgan fingerprint density at radius 3 is 2.53 bits per heavy atom. The number of likely N-dealkylation sites (tertiary alicyclic amines) is 1. The lowest BCUT2D eigenvalue weighted by Gasteiger charge is -2.44. The second kappa shape index (κ2) is 8.26. The fraction of sp³-hybridized carbons (Fsp3) is 0.304. The number of fused-ring (bicyclic) bond motifs is 1. The van der Waals surface area contributed by atoms with Gasteiger partial charge < -0.3 is 9.64 Å². The molecule has 2 aromatic carbocycles. The molecule has 1 fully saturated rings. The molecule has 0 aromatic heterocycles. The van der Waals surface area contributed by atoms with Crippen LogP contribution in [0.5, 0.6) is 5.75 Å². The first-order valence-corrected chi connectivity index (χ1v) is 10.8. The summed E-state index contributed by atoms with van der Waals surface area (Å²) in [6.45, 7) is 2.93. The molecule has 2 aliphatic rings. The van der Waals surface area contributed by atoms with Crippen LogP contribution in [0.15, 0.2) is 36.4 Å². The Morgan fingerprint density at radius 2 is 1.83 bits per heavy atom. The number of ether oxygens (including phenoxy) is 1. The molecular formula is C23H20Cl3NO3. The molecule has 0 unspecified atom stereocenters. The van der Waals surface area contributed by atoms with E-state index in [4.69, 9.17) is 39.5 Å². The van der Waals surface area contributed by atoms with Crippen molar-refractivity contribution >= 4 is 52.6 Å². The van der Waals surface area contributed by atoms with Crippen molar-refractivity contribution in [1.29, 1.82) is 0 Å². The predicted molar refractivity (Wildman–Crippen MR) is 120 cm³/mol. The summed E-state index contributed by atoms with van der Waals surface area (Å²) >= 11 is 18.2. The lowest BCUT2D eigenvalue weighted by Crippen LogP contribution is -2.52. The Labute approximate surface area is 190 Å². The van der Waals surface area contributed by atoms with Crippen LogP contribution in [0, 0.1) is 6.92 Å². The van der Waals surface area contributed by atoms with Gasteiger partial charge in [0.1, 0.15) is 11.4 Å². The highest BCUT2D eigenvalue weighted by Gasteiger charge is 2.44. The molecule has 0 aliphatic carbocycles. The van der Waals surface area contributed by atoms with Gasteiger partial charge in [-0.15, -0.1) is 0 Å². The fourth-order valence-electron chi connectivity index (χ4n) is 4.03. The zero-order valence-corrected chi connectivity index (χ0v) is 18.7. The Hall–Kier alpha value is -2.01. The van der Waals surface area contributed by atoms with E-state index in [0.29, 0.717) is 58.7 Å². The summed E-state index contributed by atoms with van der Waals surface area (Å²) < 4.78 is 6.34. The summed E-state index contributed by atoms with van der Waals surface area (Å²) in [6.07, 6.45) is 4.71. The van der Waals surface area contributed by atoms with Crippen LogP contribution in [0.3, 0.4) is 0 Å². The number of aryl methyl sites for hydroxylation is 1. The molecule has 2 heterocycles. The molecule has 2 aromatic rings. The van der Waals surface area contributed by atoms with Crippen LogP contribution in [0.2, 0.25) is 15.1 Å². The van der Waals surface area contributed by atoms with Crippen LogP contribution in [0.25, 0.3) is 6.08 Å². The van der Waals surface area contributed by atoms with E-state index in [1.165, 1.54) is 6.08 Å². The molecule has 4 nitrogen and oxygen atoms in total. The summed E-state index contributed by atoms with van der Waals surface area (Å²) in [5.41, 5.74) is 1.57. The molecule has 0 N–H and O–H groups in total. The summed E-state index contributed by atoms with van der Waals surface area (Å²) in [5, 5.41) is 1.57.